The predicted molar refractivity (Wildman–Crippen MR) is 89.2 cm³/mol. The van der Waals surface area contributed by atoms with Gasteiger partial charge < -0.3 is 14.2 Å². The minimum absolute atomic E-state index is 0.140. The van der Waals surface area contributed by atoms with E-state index in [2.05, 4.69) is 20.8 Å². The summed E-state index contributed by atoms with van der Waals surface area (Å²) < 4.78 is 136. The van der Waals surface area contributed by atoms with Crippen LogP contribution in [-0.4, -0.2) is 54.7 Å². The van der Waals surface area contributed by atoms with Crippen LogP contribution in [0.15, 0.2) is 43.0 Å². The van der Waals surface area contributed by atoms with Gasteiger partial charge in [0.2, 0.25) is 0 Å². The summed E-state index contributed by atoms with van der Waals surface area (Å²) in [5, 5.41) is -6.12. The molecule has 0 heterocycles. The molecule has 1 rings (SSSR count). The summed E-state index contributed by atoms with van der Waals surface area (Å²) in [6.45, 7) is 0.667. The van der Waals surface area contributed by atoms with Gasteiger partial charge in [-0.15, -0.1) is 0 Å². The highest BCUT2D eigenvalue weighted by atomic mass is 32.2. The van der Waals surface area contributed by atoms with Crippen LogP contribution in [0.5, 0.6) is 5.75 Å². The number of hydrogen-bond donors (Lipinski definition) is 1. The van der Waals surface area contributed by atoms with Crippen molar-refractivity contribution in [1.29, 1.82) is 0 Å². The third-order valence-corrected chi connectivity index (χ3v) is 4.42. The lowest BCUT2D eigenvalue weighted by Gasteiger charge is -2.32. The Morgan fingerprint density at radius 1 is 1.03 bits per heavy atom. The monoisotopic (exact) mass is 498 g/mol. The number of rotatable bonds is 10. The van der Waals surface area contributed by atoms with Gasteiger partial charge in [0.05, 0.1) is 6.61 Å². The van der Waals surface area contributed by atoms with Crippen molar-refractivity contribution in [2.75, 3.05) is 6.61 Å². The van der Waals surface area contributed by atoms with Crippen molar-refractivity contribution in [3.63, 3.8) is 0 Å². The average Bonchev–Trinajstić information content (AvgIpc) is 2.65. The number of ether oxygens (including phenoxy) is 3. The summed E-state index contributed by atoms with van der Waals surface area (Å²) >= 11 is 0. The Morgan fingerprint density at radius 3 is 2.00 bits per heavy atom. The van der Waals surface area contributed by atoms with E-state index in [1.165, 1.54) is 18.2 Å². The van der Waals surface area contributed by atoms with Crippen LogP contribution in [0.3, 0.4) is 0 Å². The molecule has 16 heteroatoms. The molecule has 1 aromatic carbocycles. The molecular weight excluding hydrogens is 485 g/mol. The second kappa shape index (κ2) is 9.41. The second-order valence-corrected chi connectivity index (χ2v) is 7.20. The molecule has 0 bridgehead atoms. The number of para-hydroxylation sites is 1. The van der Waals surface area contributed by atoms with E-state index in [4.69, 9.17) is 4.55 Å². The largest absolute Gasteiger partial charge is 0.468 e. The SMILES string of the molecule is C=CC(=O)OC(OCCC(F)(F)C(F)(F)S(=O)(=O)O)(C(=O)Oc1ccccc1)C(F)(F)F. The van der Waals surface area contributed by atoms with Crippen LogP contribution in [0.2, 0.25) is 0 Å². The molecule has 0 radical (unpaired) electrons. The third kappa shape index (κ3) is 5.74. The van der Waals surface area contributed by atoms with Crippen LogP contribution in [0.1, 0.15) is 6.42 Å². The molecule has 180 valence electrons. The van der Waals surface area contributed by atoms with Gasteiger partial charge in [0.1, 0.15) is 5.75 Å². The summed E-state index contributed by atoms with van der Waals surface area (Å²) in [5.41, 5.74) is 0. The zero-order chi connectivity index (χ0) is 25.0. The maximum absolute atomic E-state index is 13.7. The number of alkyl halides is 7. The van der Waals surface area contributed by atoms with Crippen molar-refractivity contribution >= 4 is 22.1 Å². The highest BCUT2D eigenvalue weighted by Crippen LogP contribution is 2.42. The van der Waals surface area contributed by atoms with Gasteiger partial charge >= 0.3 is 45.2 Å². The fraction of sp³-hybridized carbons (Fsp3) is 0.375. The quantitative estimate of drug-likeness (QED) is 0.131. The number of benzene rings is 1. The number of halogens is 7. The molecule has 0 spiro atoms. The lowest BCUT2D eigenvalue weighted by atomic mass is 10.2. The van der Waals surface area contributed by atoms with E-state index < -0.39 is 64.0 Å². The van der Waals surface area contributed by atoms with Crippen LogP contribution in [0, 0.1) is 0 Å². The zero-order valence-electron chi connectivity index (χ0n) is 15.4. The molecule has 32 heavy (non-hydrogen) atoms. The Labute approximate surface area is 175 Å². The smallest absolute Gasteiger partial charge is 0.421 e. The van der Waals surface area contributed by atoms with Gasteiger partial charge in [-0.25, -0.2) is 9.59 Å². The maximum Gasteiger partial charge on any atom is 0.468 e. The number of carbonyl (C=O) groups is 2. The average molecular weight is 498 g/mol. The summed E-state index contributed by atoms with van der Waals surface area (Å²) in [4.78, 5) is 23.6. The van der Waals surface area contributed by atoms with E-state index in [0.29, 0.717) is 0 Å². The number of esters is 2. The normalized spacial score (nSPS) is 14.9. The first kappa shape index (κ1) is 27.3. The zero-order valence-corrected chi connectivity index (χ0v) is 16.3. The Bertz CT molecular complexity index is 947. The molecule has 8 nitrogen and oxygen atoms in total. The van der Waals surface area contributed by atoms with E-state index in [9.17, 15) is 48.7 Å². The Morgan fingerprint density at radius 2 is 1.56 bits per heavy atom. The summed E-state index contributed by atoms with van der Waals surface area (Å²) in [5.74, 6) is -15.4. The van der Waals surface area contributed by atoms with Crippen molar-refractivity contribution in [3.8, 4) is 5.75 Å². The van der Waals surface area contributed by atoms with Gasteiger partial charge in [-0.05, 0) is 12.1 Å². The molecule has 1 aromatic rings. The number of carbonyl (C=O) groups excluding carboxylic acids is 2. The minimum Gasteiger partial charge on any atom is -0.421 e. The van der Waals surface area contributed by atoms with Gasteiger partial charge in [-0.2, -0.15) is 39.2 Å². The van der Waals surface area contributed by atoms with Crippen molar-refractivity contribution in [2.24, 2.45) is 0 Å². The van der Waals surface area contributed by atoms with Crippen molar-refractivity contribution in [2.45, 2.75) is 29.6 Å². The van der Waals surface area contributed by atoms with Crippen LogP contribution in [0.25, 0.3) is 0 Å². The van der Waals surface area contributed by atoms with Crippen molar-refractivity contribution in [3.05, 3.63) is 43.0 Å². The molecule has 1 atom stereocenters. The summed E-state index contributed by atoms with van der Waals surface area (Å²) in [6, 6.07) is 5.77. The molecule has 0 saturated heterocycles. The molecule has 0 saturated carbocycles. The van der Waals surface area contributed by atoms with E-state index in [1.807, 2.05) is 0 Å². The van der Waals surface area contributed by atoms with Crippen molar-refractivity contribution in [1.82, 2.24) is 0 Å². The molecular formula is C16H13F7O8S. The molecule has 0 amide bonds. The first-order valence-corrected chi connectivity index (χ1v) is 9.41. The van der Waals surface area contributed by atoms with E-state index in [-0.39, 0.29) is 6.08 Å². The third-order valence-electron chi connectivity index (χ3n) is 3.48. The van der Waals surface area contributed by atoms with Gasteiger partial charge in [-0.3, -0.25) is 4.55 Å². The minimum atomic E-state index is -6.69. The van der Waals surface area contributed by atoms with Crippen LogP contribution >= 0.6 is 0 Å². The van der Waals surface area contributed by atoms with E-state index >= 15 is 0 Å². The molecule has 0 fully saturated rings. The predicted octanol–water partition coefficient (Wildman–Crippen LogP) is 3.10. The fourth-order valence-corrected chi connectivity index (χ4v) is 2.37. The first-order chi connectivity index (χ1) is 14.4. The van der Waals surface area contributed by atoms with E-state index in [1.54, 1.807) is 0 Å². The lowest BCUT2D eigenvalue weighted by Crippen LogP contribution is -2.59. The Balaban J connectivity index is 3.29. The Kier molecular flexibility index (Phi) is 8.04. The molecule has 0 aromatic heterocycles. The Hall–Kier alpha value is -2.72. The molecule has 0 aliphatic heterocycles. The first-order valence-electron chi connectivity index (χ1n) is 7.97. The fourth-order valence-electron chi connectivity index (χ4n) is 1.89. The topological polar surface area (TPSA) is 116 Å². The molecule has 0 aliphatic carbocycles. The van der Waals surface area contributed by atoms with Gasteiger partial charge in [0.15, 0.2) is 0 Å². The van der Waals surface area contributed by atoms with Gasteiger partial charge in [0, 0.05) is 12.5 Å². The van der Waals surface area contributed by atoms with Crippen molar-refractivity contribution < 1.29 is 67.5 Å². The van der Waals surface area contributed by atoms with E-state index in [0.717, 1.165) is 12.1 Å². The molecule has 0 aliphatic rings. The summed E-state index contributed by atoms with van der Waals surface area (Å²) in [6.07, 6.45) is -8.33. The number of hydrogen-bond acceptors (Lipinski definition) is 7. The van der Waals surface area contributed by atoms with Crippen LogP contribution < -0.4 is 4.74 Å². The highest BCUT2D eigenvalue weighted by molar-refractivity contribution is 7.87. The maximum atomic E-state index is 13.7. The van der Waals surface area contributed by atoms with Crippen LogP contribution in [-0.2, 0) is 29.2 Å². The van der Waals surface area contributed by atoms with Gasteiger partial charge in [-0.1, -0.05) is 24.8 Å². The standard InChI is InChI=1S/C16H13F7O8S/c1-2-11(24)31-14(15(19,20)21,12(25)30-10-6-4-3-5-7-10)29-9-8-13(17,18)16(22,23)32(26,27)28/h2-7H,1,8-9H2,(H,26,27,28). The summed E-state index contributed by atoms with van der Waals surface area (Å²) in [7, 11) is -6.69. The highest BCUT2D eigenvalue weighted by Gasteiger charge is 2.69. The lowest BCUT2D eigenvalue weighted by molar-refractivity contribution is -0.354. The van der Waals surface area contributed by atoms with Crippen LogP contribution in [0.4, 0.5) is 30.7 Å². The second-order valence-electron chi connectivity index (χ2n) is 5.74. The van der Waals surface area contributed by atoms with Gasteiger partial charge in [0.25, 0.3) is 0 Å². The molecule has 1 unspecified atom stereocenters. The molecule has 1 N–H and O–H groups in total.